The molecule has 1 unspecified atom stereocenters. The third kappa shape index (κ3) is 2.83. The average Bonchev–Trinajstić information content (AvgIpc) is 2.89. The molecule has 22 heavy (non-hydrogen) atoms. The number of tetrazole rings is 1. The van der Waals surface area contributed by atoms with Gasteiger partial charge in [-0.3, -0.25) is 4.79 Å². The molecule has 0 radical (unpaired) electrons. The largest absolute Gasteiger partial charge is 0.368 e. The molecule has 0 saturated carbocycles. The first-order valence-electron chi connectivity index (χ1n) is 7.20. The predicted octanol–water partition coefficient (Wildman–Crippen LogP) is 1.26. The first-order valence-corrected chi connectivity index (χ1v) is 7.20. The monoisotopic (exact) mass is 299 g/mol. The zero-order chi connectivity index (χ0) is 15.5. The molecular weight excluding hydrogens is 282 g/mol. The van der Waals surface area contributed by atoms with Crippen LogP contribution in [0.2, 0.25) is 0 Å². The molecule has 1 aromatic heterocycles. The minimum atomic E-state index is -0.314. The molecule has 1 amide bonds. The van der Waals surface area contributed by atoms with Crippen LogP contribution in [0.15, 0.2) is 41.2 Å². The molecule has 0 bridgehead atoms. The summed E-state index contributed by atoms with van der Waals surface area (Å²) in [6, 6.07) is 6.97. The molecule has 1 atom stereocenters. The van der Waals surface area contributed by atoms with Crippen molar-refractivity contribution in [1.82, 2.24) is 19.8 Å². The summed E-state index contributed by atoms with van der Waals surface area (Å²) < 4.78 is 2.36. The van der Waals surface area contributed by atoms with Crippen molar-refractivity contribution in [2.24, 2.45) is 13.0 Å². The minimum absolute atomic E-state index is 0.0345. The second kappa shape index (κ2) is 5.97. The summed E-state index contributed by atoms with van der Waals surface area (Å²) in [4.78, 5) is 23.9. The van der Waals surface area contributed by atoms with Crippen LogP contribution in [0.25, 0.3) is 5.69 Å². The summed E-state index contributed by atoms with van der Waals surface area (Å²) in [5, 5.41) is 10.3. The molecule has 1 aliphatic carbocycles. The van der Waals surface area contributed by atoms with E-state index < -0.39 is 0 Å². The number of carbonyl (C=O) groups excluding carboxylic acids is 1. The van der Waals surface area contributed by atoms with Crippen LogP contribution >= 0.6 is 0 Å². The molecule has 1 aromatic carbocycles. The Bertz CT molecular complexity index is 757. The highest BCUT2D eigenvalue weighted by Gasteiger charge is 2.18. The number of aryl methyl sites for hydroxylation is 1. The quantitative estimate of drug-likeness (QED) is 0.865. The van der Waals surface area contributed by atoms with Gasteiger partial charge in [-0.05, 0) is 54.0 Å². The molecule has 114 valence electrons. The summed E-state index contributed by atoms with van der Waals surface area (Å²) in [5.41, 5.74) is 1.00. The van der Waals surface area contributed by atoms with Gasteiger partial charge in [-0.1, -0.05) is 12.2 Å². The second-order valence-electron chi connectivity index (χ2n) is 5.31. The van der Waals surface area contributed by atoms with Crippen molar-refractivity contribution >= 4 is 11.6 Å². The Hall–Kier alpha value is -2.70. The summed E-state index contributed by atoms with van der Waals surface area (Å²) in [6.07, 6.45) is 6.79. The number of amides is 1. The number of nitrogens with one attached hydrogen (secondary N) is 1. The standard InChI is InChI=1S/C15H17N5O2/c1-19-15(22)20(18-17-19)13-9-7-12(8-10-13)16-14(21)11-5-3-2-4-6-11/h2-3,7-11H,4-6H2,1H3,(H,16,21). The molecule has 7 heteroatoms. The van der Waals surface area contributed by atoms with E-state index in [2.05, 4.69) is 27.9 Å². The van der Waals surface area contributed by atoms with Crippen molar-refractivity contribution < 1.29 is 4.79 Å². The number of aromatic nitrogens is 4. The maximum atomic E-state index is 12.2. The van der Waals surface area contributed by atoms with Gasteiger partial charge in [0.05, 0.1) is 5.69 Å². The van der Waals surface area contributed by atoms with Crippen molar-refractivity contribution in [3.63, 3.8) is 0 Å². The highest BCUT2D eigenvalue weighted by Crippen LogP contribution is 2.20. The molecule has 0 fully saturated rings. The lowest BCUT2D eigenvalue weighted by atomic mass is 9.93. The van der Waals surface area contributed by atoms with E-state index in [1.165, 1.54) is 4.68 Å². The number of nitrogens with zero attached hydrogens (tertiary/aromatic N) is 4. The van der Waals surface area contributed by atoms with E-state index in [0.717, 1.165) is 23.9 Å². The number of rotatable bonds is 3. The summed E-state index contributed by atoms with van der Waals surface area (Å²) >= 11 is 0. The van der Waals surface area contributed by atoms with Crippen molar-refractivity contribution in [2.75, 3.05) is 5.32 Å². The van der Waals surface area contributed by atoms with E-state index >= 15 is 0 Å². The highest BCUT2D eigenvalue weighted by atomic mass is 16.2. The van der Waals surface area contributed by atoms with Gasteiger partial charge in [-0.15, -0.1) is 0 Å². The molecule has 3 rings (SSSR count). The Kier molecular flexibility index (Phi) is 3.86. The van der Waals surface area contributed by atoms with Crippen LogP contribution in [-0.2, 0) is 11.8 Å². The molecule has 1 aliphatic rings. The molecule has 0 spiro atoms. The van der Waals surface area contributed by atoms with Gasteiger partial charge < -0.3 is 5.32 Å². The lowest BCUT2D eigenvalue weighted by Gasteiger charge is -2.17. The third-order valence-electron chi connectivity index (χ3n) is 3.74. The van der Waals surface area contributed by atoms with Crippen molar-refractivity contribution in [3.05, 3.63) is 46.9 Å². The van der Waals surface area contributed by atoms with Crippen LogP contribution in [0.5, 0.6) is 0 Å². The van der Waals surface area contributed by atoms with E-state index in [9.17, 15) is 9.59 Å². The van der Waals surface area contributed by atoms with Gasteiger partial charge in [0, 0.05) is 18.7 Å². The molecule has 1 N–H and O–H groups in total. The minimum Gasteiger partial charge on any atom is -0.326 e. The third-order valence-corrected chi connectivity index (χ3v) is 3.74. The summed E-state index contributed by atoms with van der Waals surface area (Å²) in [6.45, 7) is 0. The smallest absolute Gasteiger partial charge is 0.326 e. The molecular formula is C15H17N5O2. The fourth-order valence-electron chi connectivity index (χ4n) is 2.44. The zero-order valence-electron chi connectivity index (χ0n) is 12.3. The van der Waals surface area contributed by atoms with Gasteiger partial charge in [0.1, 0.15) is 0 Å². The van der Waals surface area contributed by atoms with Gasteiger partial charge in [-0.2, -0.15) is 9.36 Å². The van der Waals surface area contributed by atoms with E-state index in [1.54, 1.807) is 31.3 Å². The fraction of sp³-hybridized carbons (Fsp3) is 0.333. The normalized spacial score (nSPS) is 17.4. The number of hydrogen-bond donors (Lipinski definition) is 1. The Balaban J connectivity index is 1.72. The molecule has 7 nitrogen and oxygen atoms in total. The van der Waals surface area contributed by atoms with Gasteiger partial charge in [0.25, 0.3) is 0 Å². The first-order chi connectivity index (χ1) is 10.6. The predicted molar refractivity (Wildman–Crippen MR) is 81.7 cm³/mol. The number of carbonyl (C=O) groups is 1. The molecule has 0 saturated heterocycles. The second-order valence-corrected chi connectivity index (χ2v) is 5.31. The Morgan fingerprint density at radius 3 is 2.59 bits per heavy atom. The van der Waals surface area contributed by atoms with Crippen molar-refractivity contribution in [2.45, 2.75) is 19.3 Å². The van der Waals surface area contributed by atoms with Crippen LogP contribution in [0.1, 0.15) is 19.3 Å². The SMILES string of the molecule is Cn1nnn(-c2ccc(NC(=O)C3CC=CCC3)cc2)c1=O. The van der Waals surface area contributed by atoms with Crippen molar-refractivity contribution in [3.8, 4) is 5.69 Å². The fourth-order valence-corrected chi connectivity index (χ4v) is 2.44. The number of allylic oxidation sites excluding steroid dienone is 2. The number of hydrogen-bond acceptors (Lipinski definition) is 4. The number of benzene rings is 1. The van der Waals surface area contributed by atoms with E-state index in [0.29, 0.717) is 11.4 Å². The van der Waals surface area contributed by atoms with Crippen LogP contribution in [-0.4, -0.2) is 25.7 Å². The molecule has 2 aromatic rings. The highest BCUT2D eigenvalue weighted by molar-refractivity contribution is 5.92. The summed E-state index contributed by atoms with van der Waals surface area (Å²) in [7, 11) is 1.54. The maximum Gasteiger partial charge on any atom is 0.368 e. The lowest BCUT2D eigenvalue weighted by Crippen LogP contribution is -2.23. The Morgan fingerprint density at radius 1 is 1.23 bits per heavy atom. The zero-order valence-corrected chi connectivity index (χ0v) is 12.3. The van der Waals surface area contributed by atoms with E-state index in [4.69, 9.17) is 0 Å². The maximum absolute atomic E-state index is 12.2. The number of anilines is 1. The van der Waals surface area contributed by atoms with Gasteiger partial charge >= 0.3 is 5.69 Å². The van der Waals surface area contributed by atoms with Crippen LogP contribution in [0, 0.1) is 5.92 Å². The molecule has 0 aliphatic heterocycles. The van der Waals surface area contributed by atoms with E-state index in [-0.39, 0.29) is 17.5 Å². The Labute approximate surface area is 127 Å². The van der Waals surface area contributed by atoms with Gasteiger partial charge in [0.15, 0.2) is 0 Å². The topological polar surface area (TPSA) is 81.8 Å². The van der Waals surface area contributed by atoms with Crippen LogP contribution in [0.4, 0.5) is 5.69 Å². The van der Waals surface area contributed by atoms with Crippen LogP contribution < -0.4 is 11.0 Å². The van der Waals surface area contributed by atoms with Crippen LogP contribution in [0.3, 0.4) is 0 Å². The Morgan fingerprint density at radius 2 is 2.00 bits per heavy atom. The van der Waals surface area contributed by atoms with Gasteiger partial charge in [-0.25, -0.2) is 4.79 Å². The van der Waals surface area contributed by atoms with Gasteiger partial charge in [0.2, 0.25) is 5.91 Å². The van der Waals surface area contributed by atoms with E-state index in [1.807, 2.05) is 0 Å². The van der Waals surface area contributed by atoms with Crippen molar-refractivity contribution in [1.29, 1.82) is 0 Å². The first kappa shape index (κ1) is 14.2. The molecule has 1 heterocycles. The average molecular weight is 299 g/mol. The summed E-state index contributed by atoms with van der Waals surface area (Å²) in [5.74, 6) is 0.0704. The lowest BCUT2D eigenvalue weighted by molar-refractivity contribution is -0.120.